The molecule has 2 unspecified atom stereocenters. The molecule has 88 valence electrons. The highest BCUT2D eigenvalue weighted by atomic mass is 35.5. The average Bonchev–Trinajstić information content (AvgIpc) is 2.38. The summed E-state index contributed by atoms with van der Waals surface area (Å²) in [4.78, 5) is 0. The van der Waals surface area contributed by atoms with Gasteiger partial charge in [0.15, 0.2) is 0 Å². The van der Waals surface area contributed by atoms with Crippen LogP contribution in [0.5, 0.6) is 0 Å². The van der Waals surface area contributed by atoms with Gasteiger partial charge in [0.1, 0.15) is 5.82 Å². The Morgan fingerprint density at radius 3 is 2.94 bits per heavy atom. The smallest absolute Gasteiger partial charge is 0.142 e. The second-order valence-electron chi connectivity index (χ2n) is 4.22. The minimum atomic E-state index is -0.314. The second kappa shape index (κ2) is 4.94. The molecule has 0 spiro atoms. The lowest BCUT2D eigenvalue weighted by Crippen LogP contribution is -2.24. The van der Waals surface area contributed by atoms with Crippen molar-refractivity contribution in [3.8, 4) is 0 Å². The van der Waals surface area contributed by atoms with Crippen molar-refractivity contribution in [1.82, 2.24) is 5.32 Å². The number of nitrogens with one attached hydrogen (secondary N) is 1. The van der Waals surface area contributed by atoms with Crippen LogP contribution in [0.1, 0.15) is 24.1 Å². The second-order valence-corrected chi connectivity index (χ2v) is 5.66. The van der Waals surface area contributed by atoms with Gasteiger partial charge in [0.25, 0.3) is 0 Å². The number of thioether (sulfide) groups is 1. The van der Waals surface area contributed by atoms with Gasteiger partial charge in [-0.1, -0.05) is 18.5 Å². The van der Waals surface area contributed by atoms with Gasteiger partial charge in [0.2, 0.25) is 0 Å². The molecule has 1 aromatic rings. The van der Waals surface area contributed by atoms with Crippen LogP contribution in [-0.2, 0) is 5.75 Å². The molecule has 0 radical (unpaired) electrons. The van der Waals surface area contributed by atoms with Gasteiger partial charge in [-0.25, -0.2) is 4.39 Å². The number of hydrogen-bond donors (Lipinski definition) is 1. The standard InChI is InChI=1S/C12H15ClFNS/c1-7-5-16-6-8-3-11(14)10(13)4-9(8)12(7)15-2/h3-4,7,12,15H,5-6H2,1-2H3. The molecule has 0 aliphatic carbocycles. The van der Waals surface area contributed by atoms with Crippen LogP contribution >= 0.6 is 23.4 Å². The first-order chi connectivity index (χ1) is 7.63. The Morgan fingerprint density at radius 1 is 1.50 bits per heavy atom. The zero-order chi connectivity index (χ0) is 11.7. The molecule has 1 aliphatic rings. The van der Waals surface area contributed by atoms with Gasteiger partial charge >= 0.3 is 0 Å². The third-order valence-corrected chi connectivity index (χ3v) is 4.60. The molecule has 2 atom stereocenters. The maximum Gasteiger partial charge on any atom is 0.142 e. The van der Waals surface area contributed by atoms with Crippen molar-refractivity contribution in [1.29, 1.82) is 0 Å². The molecular weight excluding hydrogens is 245 g/mol. The third kappa shape index (κ3) is 2.22. The Balaban J connectivity index is 2.49. The van der Waals surface area contributed by atoms with Crippen molar-refractivity contribution in [2.24, 2.45) is 5.92 Å². The summed E-state index contributed by atoms with van der Waals surface area (Å²) in [7, 11) is 1.94. The Bertz CT molecular complexity index is 397. The zero-order valence-electron chi connectivity index (χ0n) is 9.39. The molecule has 1 heterocycles. The van der Waals surface area contributed by atoms with E-state index in [1.54, 1.807) is 12.1 Å². The number of benzene rings is 1. The van der Waals surface area contributed by atoms with Gasteiger partial charge in [-0.2, -0.15) is 11.8 Å². The molecule has 0 saturated heterocycles. The fourth-order valence-corrected chi connectivity index (χ4v) is 3.54. The molecule has 0 amide bonds. The van der Waals surface area contributed by atoms with Gasteiger partial charge < -0.3 is 5.32 Å². The molecule has 0 bridgehead atoms. The number of halogens is 2. The van der Waals surface area contributed by atoms with E-state index in [2.05, 4.69) is 12.2 Å². The summed E-state index contributed by atoms with van der Waals surface area (Å²) in [5.41, 5.74) is 2.21. The Labute approximate surface area is 105 Å². The van der Waals surface area contributed by atoms with Crippen LogP contribution in [0.25, 0.3) is 0 Å². The van der Waals surface area contributed by atoms with Crippen LogP contribution < -0.4 is 5.32 Å². The van der Waals surface area contributed by atoms with Crippen molar-refractivity contribution in [2.45, 2.75) is 18.7 Å². The highest BCUT2D eigenvalue weighted by Gasteiger charge is 2.24. The summed E-state index contributed by atoms with van der Waals surface area (Å²) in [6.45, 7) is 2.21. The van der Waals surface area contributed by atoms with Crippen LogP contribution in [-0.4, -0.2) is 12.8 Å². The van der Waals surface area contributed by atoms with Crippen molar-refractivity contribution in [3.05, 3.63) is 34.1 Å². The van der Waals surface area contributed by atoms with E-state index in [1.807, 2.05) is 18.8 Å². The molecule has 0 saturated carbocycles. The normalized spacial score (nSPS) is 25.0. The molecule has 1 N–H and O–H groups in total. The van der Waals surface area contributed by atoms with Gasteiger partial charge in [0, 0.05) is 11.8 Å². The first-order valence-corrected chi connectivity index (χ1v) is 6.89. The van der Waals surface area contributed by atoms with Crippen LogP contribution in [0, 0.1) is 11.7 Å². The summed E-state index contributed by atoms with van der Waals surface area (Å²) in [6, 6.07) is 3.62. The first kappa shape index (κ1) is 12.2. The maximum absolute atomic E-state index is 13.4. The van der Waals surface area contributed by atoms with E-state index in [1.165, 1.54) is 0 Å². The van der Waals surface area contributed by atoms with Crippen LogP contribution in [0.4, 0.5) is 4.39 Å². The number of fused-ring (bicyclic) bond motifs is 1. The molecule has 0 fully saturated rings. The van der Waals surface area contributed by atoms with E-state index >= 15 is 0 Å². The Hall–Kier alpha value is -0.250. The lowest BCUT2D eigenvalue weighted by Gasteiger charge is -2.22. The quantitative estimate of drug-likeness (QED) is 0.827. The van der Waals surface area contributed by atoms with Crippen LogP contribution in [0.3, 0.4) is 0 Å². The molecule has 4 heteroatoms. The van der Waals surface area contributed by atoms with Gasteiger partial charge in [-0.05, 0) is 42.0 Å². The highest BCUT2D eigenvalue weighted by Crippen LogP contribution is 2.36. The Morgan fingerprint density at radius 2 is 2.25 bits per heavy atom. The maximum atomic E-state index is 13.4. The van der Waals surface area contributed by atoms with Gasteiger partial charge in [-0.3, -0.25) is 0 Å². The predicted octanol–water partition coefficient (Wildman–Crippen LogP) is 3.62. The van der Waals surface area contributed by atoms with Crippen LogP contribution in [0.15, 0.2) is 12.1 Å². The fourth-order valence-electron chi connectivity index (χ4n) is 2.22. The topological polar surface area (TPSA) is 12.0 Å². The molecule has 1 aliphatic heterocycles. The van der Waals surface area contributed by atoms with Crippen molar-refractivity contribution < 1.29 is 4.39 Å². The number of rotatable bonds is 1. The summed E-state index contributed by atoms with van der Waals surface area (Å²) >= 11 is 7.71. The fraction of sp³-hybridized carbons (Fsp3) is 0.500. The van der Waals surface area contributed by atoms with Crippen molar-refractivity contribution in [2.75, 3.05) is 12.8 Å². The highest BCUT2D eigenvalue weighted by molar-refractivity contribution is 7.98. The van der Waals surface area contributed by atoms with E-state index in [0.717, 1.165) is 22.6 Å². The van der Waals surface area contributed by atoms with E-state index in [4.69, 9.17) is 11.6 Å². The minimum absolute atomic E-state index is 0.220. The van der Waals surface area contributed by atoms with E-state index in [9.17, 15) is 4.39 Å². The largest absolute Gasteiger partial charge is 0.313 e. The summed E-state index contributed by atoms with van der Waals surface area (Å²) in [5.74, 6) is 2.16. The van der Waals surface area contributed by atoms with E-state index in [-0.39, 0.29) is 16.9 Å². The molecule has 1 nitrogen and oxygen atoms in total. The predicted molar refractivity (Wildman–Crippen MR) is 68.5 cm³/mol. The van der Waals surface area contributed by atoms with Gasteiger partial charge in [-0.15, -0.1) is 0 Å². The Kier molecular flexibility index (Phi) is 3.77. The number of hydrogen-bond acceptors (Lipinski definition) is 2. The lowest BCUT2D eigenvalue weighted by molar-refractivity contribution is 0.449. The average molecular weight is 260 g/mol. The summed E-state index contributed by atoms with van der Waals surface area (Å²) in [5, 5.41) is 3.52. The molecular formula is C12H15ClFNS. The van der Waals surface area contributed by atoms with Crippen LogP contribution in [0.2, 0.25) is 5.02 Å². The van der Waals surface area contributed by atoms with Crippen molar-refractivity contribution >= 4 is 23.4 Å². The van der Waals surface area contributed by atoms with E-state index < -0.39 is 0 Å². The first-order valence-electron chi connectivity index (χ1n) is 5.36. The minimum Gasteiger partial charge on any atom is -0.313 e. The van der Waals surface area contributed by atoms with Crippen molar-refractivity contribution in [3.63, 3.8) is 0 Å². The molecule has 1 aromatic carbocycles. The van der Waals surface area contributed by atoms with Gasteiger partial charge in [0.05, 0.1) is 5.02 Å². The molecule has 16 heavy (non-hydrogen) atoms. The molecule has 2 rings (SSSR count). The monoisotopic (exact) mass is 259 g/mol. The summed E-state index contributed by atoms with van der Waals surface area (Å²) in [6.07, 6.45) is 0. The molecule has 0 aromatic heterocycles. The van der Waals surface area contributed by atoms with E-state index in [0.29, 0.717) is 5.92 Å². The third-order valence-electron chi connectivity index (χ3n) is 3.04. The SMILES string of the molecule is CNC1c2cc(Cl)c(F)cc2CSCC1C. The zero-order valence-corrected chi connectivity index (χ0v) is 11.0. The summed E-state index contributed by atoms with van der Waals surface area (Å²) < 4.78 is 13.4. The lowest BCUT2D eigenvalue weighted by atomic mass is 9.93.